The number of ether oxygens (including phenoxy) is 1. The molecule has 19 heavy (non-hydrogen) atoms. The van der Waals surface area contributed by atoms with Crippen molar-refractivity contribution in [2.24, 2.45) is 0 Å². The first-order valence-electron chi connectivity index (χ1n) is 7.25. The van der Waals surface area contributed by atoms with Gasteiger partial charge in [-0.15, -0.1) is 0 Å². The van der Waals surface area contributed by atoms with Crippen LogP contribution in [0.2, 0.25) is 0 Å². The molecule has 0 radical (unpaired) electrons. The van der Waals surface area contributed by atoms with E-state index >= 15 is 0 Å². The fraction of sp³-hybridized carbons (Fsp3) is 0.857. The molecule has 1 aliphatic rings. The predicted octanol–water partition coefficient (Wildman–Crippen LogP) is 1.32. The zero-order chi connectivity index (χ0) is 14.3. The van der Waals surface area contributed by atoms with Gasteiger partial charge in [0.1, 0.15) is 12.1 Å². The summed E-state index contributed by atoms with van der Waals surface area (Å²) in [7, 11) is 1.65. The summed E-state index contributed by atoms with van der Waals surface area (Å²) in [5, 5.41) is 2.86. The van der Waals surface area contributed by atoms with E-state index in [2.05, 4.69) is 5.32 Å². The summed E-state index contributed by atoms with van der Waals surface area (Å²) >= 11 is 0. The smallest absolute Gasteiger partial charge is 0.245 e. The first kappa shape index (κ1) is 16.0. The Morgan fingerprint density at radius 3 is 2.47 bits per heavy atom. The highest BCUT2D eigenvalue weighted by Crippen LogP contribution is 2.17. The molecule has 0 aromatic heterocycles. The lowest BCUT2D eigenvalue weighted by Crippen LogP contribution is -2.63. The number of piperazine rings is 1. The van der Waals surface area contributed by atoms with Crippen molar-refractivity contribution in [2.45, 2.75) is 58.0 Å². The minimum absolute atomic E-state index is 0.00248. The summed E-state index contributed by atoms with van der Waals surface area (Å²) in [6, 6.07) is -0.643. The molecule has 0 bridgehead atoms. The van der Waals surface area contributed by atoms with Gasteiger partial charge >= 0.3 is 0 Å². The van der Waals surface area contributed by atoms with Crippen LogP contribution in [0.25, 0.3) is 0 Å². The average Bonchev–Trinajstić information content (AvgIpc) is 2.39. The van der Waals surface area contributed by atoms with E-state index in [-0.39, 0.29) is 23.9 Å². The summed E-state index contributed by atoms with van der Waals surface area (Å²) < 4.78 is 5.03. The Bertz CT molecular complexity index is 307. The zero-order valence-electron chi connectivity index (χ0n) is 12.3. The Hall–Kier alpha value is -1.10. The lowest BCUT2D eigenvalue weighted by Gasteiger charge is -2.39. The lowest BCUT2D eigenvalue weighted by molar-refractivity contribution is -0.150. The number of rotatable bonds is 8. The van der Waals surface area contributed by atoms with Crippen LogP contribution < -0.4 is 5.32 Å². The second kappa shape index (κ2) is 8.15. The number of methoxy groups -OCH3 is 1. The minimum atomic E-state index is -0.340. The Morgan fingerprint density at radius 2 is 1.89 bits per heavy atom. The van der Waals surface area contributed by atoms with Crippen LogP contribution in [-0.4, -0.2) is 49.1 Å². The number of amides is 2. The molecule has 1 N–H and O–H groups in total. The van der Waals surface area contributed by atoms with E-state index < -0.39 is 0 Å². The van der Waals surface area contributed by atoms with E-state index in [1.165, 1.54) is 0 Å². The van der Waals surface area contributed by atoms with Crippen molar-refractivity contribution in [1.82, 2.24) is 10.2 Å². The number of nitrogens with zero attached hydrogens (tertiary/aromatic N) is 1. The van der Waals surface area contributed by atoms with Crippen molar-refractivity contribution >= 4 is 11.8 Å². The van der Waals surface area contributed by atoms with Gasteiger partial charge in [-0.25, -0.2) is 0 Å². The number of hydrogen-bond acceptors (Lipinski definition) is 3. The molecule has 1 fully saturated rings. The van der Waals surface area contributed by atoms with Crippen molar-refractivity contribution in [2.75, 3.05) is 20.3 Å². The molecule has 1 saturated heterocycles. The normalized spacial score (nSPS) is 23.6. The monoisotopic (exact) mass is 270 g/mol. The van der Waals surface area contributed by atoms with Crippen molar-refractivity contribution in [3.63, 3.8) is 0 Å². The van der Waals surface area contributed by atoms with Gasteiger partial charge in [-0.2, -0.15) is 0 Å². The molecule has 1 heterocycles. The quantitative estimate of drug-likeness (QED) is 0.677. The van der Waals surface area contributed by atoms with Crippen LogP contribution in [0.3, 0.4) is 0 Å². The maximum atomic E-state index is 12.4. The summed E-state index contributed by atoms with van der Waals surface area (Å²) in [6.45, 7) is 5.27. The first-order valence-corrected chi connectivity index (χ1v) is 7.25. The second-order valence-corrected chi connectivity index (χ2v) is 5.03. The molecule has 0 spiro atoms. The Kier molecular flexibility index (Phi) is 6.84. The van der Waals surface area contributed by atoms with E-state index in [1.807, 2.05) is 13.8 Å². The number of nitrogens with one attached hydrogen (secondary N) is 1. The third-order valence-electron chi connectivity index (χ3n) is 3.46. The molecule has 2 atom stereocenters. The Labute approximate surface area is 115 Å². The largest absolute Gasteiger partial charge is 0.385 e. The standard InChI is InChI=1S/C14H26N2O3/c1-4-7-11-14(18)16(9-6-10-19-3)12(8-5-2)13(17)15-11/h11-12H,4-10H2,1-3H3,(H,15,17). The fourth-order valence-electron chi connectivity index (χ4n) is 2.51. The van der Waals surface area contributed by atoms with Gasteiger partial charge in [0.05, 0.1) is 0 Å². The van der Waals surface area contributed by atoms with Crippen LogP contribution in [0.1, 0.15) is 46.0 Å². The van der Waals surface area contributed by atoms with Gasteiger partial charge in [-0.05, 0) is 19.3 Å². The van der Waals surface area contributed by atoms with Crippen LogP contribution in [0.5, 0.6) is 0 Å². The van der Waals surface area contributed by atoms with Crippen molar-refractivity contribution in [3.8, 4) is 0 Å². The van der Waals surface area contributed by atoms with Gasteiger partial charge < -0.3 is 15.0 Å². The number of carbonyl (C=O) groups excluding carboxylic acids is 2. The van der Waals surface area contributed by atoms with Gasteiger partial charge in [-0.3, -0.25) is 9.59 Å². The summed E-state index contributed by atoms with van der Waals surface area (Å²) in [4.78, 5) is 26.3. The molecule has 5 heteroatoms. The van der Waals surface area contributed by atoms with Crippen molar-refractivity contribution in [1.29, 1.82) is 0 Å². The number of carbonyl (C=O) groups is 2. The molecule has 0 aromatic carbocycles. The highest BCUT2D eigenvalue weighted by atomic mass is 16.5. The molecule has 0 aliphatic carbocycles. The summed E-state index contributed by atoms with van der Waals surface area (Å²) in [5.41, 5.74) is 0. The molecule has 1 aliphatic heterocycles. The maximum absolute atomic E-state index is 12.4. The van der Waals surface area contributed by atoms with Gasteiger partial charge in [0.15, 0.2) is 0 Å². The SMILES string of the molecule is CCCC1NC(=O)C(CCC)N(CCCOC)C1=O. The minimum Gasteiger partial charge on any atom is -0.385 e. The van der Waals surface area contributed by atoms with E-state index in [1.54, 1.807) is 12.0 Å². The van der Waals surface area contributed by atoms with Crippen LogP contribution >= 0.6 is 0 Å². The third-order valence-corrected chi connectivity index (χ3v) is 3.46. The Morgan fingerprint density at radius 1 is 1.21 bits per heavy atom. The van der Waals surface area contributed by atoms with Crippen LogP contribution in [0.4, 0.5) is 0 Å². The molecule has 5 nitrogen and oxygen atoms in total. The maximum Gasteiger partial charge on any atom is 0.245 e. The summed E-state index contributed by atoms with van der Waals surface area (Å²) in [6.07, 6.45) is 3.99. The average molecular weight is 270 g/mol. The molecular formula is C14H26N2O3. The third kappa shape index (κ3) is 4.20. The van der Waals surface area contributed by atoms with Crippen molar-refractivity contribution < 1.29 is 14.3 Å². The topological polar surface area (TPSA) is 58.6 Å². The molecule has 0 aromatic rings. The Balaban J connectivity index is 2.74. The second-order valence-electron chi connectivity index (χ2n) is 5.03. The highest BCUT2D eigenvalue weighted by Gasteiger charge is 2.38. The van der Waals surface area contributed by atoms with Gasteiger partial charge in [0.2, 0.25) is 11.8 Å². The van der Waals surface area contributed by atoms with Gasteiger partial charge in [0, 0.05) is 20.3 Å². The lowest BCUT2D eigenvalue weighted by atomic mass is 10.0. The fourth-order valence-corrected chi connectivity index (χ4v) is 2.51. The molecule has 2 unspecified atom stereocenters. The van der Waals surface area contributed by atoms with E-state index in [9.17, 15) is 9.59 Å². The molecule has 2 amide bonds. The van der Waals surface area contributed by atoms with Gasteiger partial charge in [0.25, 0.3) is 0 Å². The number of hydrogen-bond donors (Lipinski definition) is 1. The van der Waals surface area contributed by atoms with Crippen LogP contribution in [0.15, 0.2) is 0 Å². The van der Waals surface area contributed by atoms with E-state index in [0.717, 1.165) is 25.7 Å². The molecule has 110 valence electrons. The summed E-state index contributed by atoms with van der Waals surface area (Å²) in [5.74, 6) is 0.0633. The van der Waals surface area contributed by atoms with Crippen LogP contribution in [-0.2, 0) is 14.3 Å². The zero-order valence-corrected chi connectivity index (χ0v) is 12.3. The van der Waals surface area contributed by atoms with Crippen molar-refractivity contribution in [3.05, 3.63) is 0 Å². The van der Waals surface area contributed by atoms with E-state index in [4.69, 9.17) is 4.74 Å². The first-order chi connectivity index (χ1) is 9.15. The molecule has 1 rings (SSSR count). The van der Waals surface area contributed by atoms with Gasteiger partial charge in [-0.1, -0.05) is 26.7 Å². The predicted molar refractivity (Wildman–Crippen MR) is 73.7 cm³/mol. The highest BCUT2D eigenvalue weighted by molar-refractivity contribution is 5.96. The molecule has 0 saturated carbocycles. The molecular weight excluding hydrogens is 244 g/mol. The van der Waals surface area contributed by atoms with E-state index in [0.29, 0.717) is 19.6 Å². The van der Waals surface area contributed by atoms with Crippen LogP contribution in [0, 0.1) is 0 Å².